The molecule has 0 fully saturated rings. The van der Waals surface area contributed by atoms with E-state index in [0.29, 0.717) is 24.3 Å². The van der Waals surface area contributed by atoms with Crippen LogP contribution >= 0.6 is 0 Å². The Bertz CT molecular complexity index is 576. The van der Waals surface area contributed by atoms with Crippen molar-refractivity contribution in [2.75, 3.05) is 6.54 Å². The van der Waals surface area contributed by atoms with Crippen molar-refractivity contribution in [2.24, 2.45) is 5.73 Å². The summed E-state index contributed by atoms with van der Waals surface area (Å²) in [6.07, 6.45) is 1.26. The van der Waals surface area contributed by atoms with Crippen molar-refractivity contribution in [2.45, 2.75) is 19.8 Å². The van der Waals surface area contributed by atoms with Crippen LogP contribution in [0.3, 0.4) is 0 Å². The lowest BCUT2D eigenvalue weighted by Gasteiger charge is -2.10. The molecule has 106 valence electrons. The molecule has 2 aromatic rings. The molecule has 2 aromatic carbocycles. The molecule has 0 aliphatic carbocycles. The summed E-state index contributed by atoms with van der Waals surface area (Å²) in [5.41, 5.74) is 6.95. The van der Waals surface area contributed by atoms with Gasteiger partial charge in [-0.2, -0.15) is 0 Å². The monoisotopic (exact) mass is 277 g/mol. The number of nitrogens with two attached hydrogens (primary N) is 1. The average molecular weight is 277 g/mol. The van der Waals surface area contributed by atoms with Crippen molar-refractivity contribution >= 4 is 0 Å². The third-order valence-corrected chi connectivity index (χ3v) is 3.02. The molecule has 2 rings (SSSR count). The molecule has 0 radical (unpaired) electrons. The van der Waals surface area contributed by atoms with Crippen LogP contribution in [0.2, 0.25) is 0 Å². The maximum Gasteiger partial charge on any atom is 0.198 e. The molecular formula is C16H17F2NO. The number of aryl methyl sites for hydroxylation is 1. The second-order valence-corrected chi connectivity index (χ2v) is 4.53. The van der Waals surface area contributed by atoms with Crippen LogP contribution in [0.15, 0.2) is 36.4 Å². The van der Waals surface area contributed by atoms with Gasteiger partial charge in [0.05, 0.1) is 0 Å². The zero-order valence-corrected chi connectivity index (χ0v) is 11.3. The van der Waals surface area contributed by atoms with Crippen LogP contribution in [0.25, 0.3) is 0 Å². The Labute approximate surface area is 117 Å². The van der Waals surface area contributed by atoms with E-state index in [-0.39, 0.29) is 5.75 Å². The molecule has 0 aromatic heterocycles. The van der Waals surface area contributed by atoms with Crippen LogP contribution in [0, 0.1) is 11.6 Å². The molecule has 0 aliphatic rings. The first-order chi connectivity index (χ1) is 9.63. The fraction of sp³-hybridized carbons (Fsp3) is 0.250. The number of halogens is 2. The molecule has 20 heavy (non-hydrogen) atoms. The van der Waals surface area contributed by atoms with Crippen molar-refractivity contribution < 1.29 is 13.5 Å². The van der Waals surface area contributed by atoms with Gasteiger partial charge in [-0.05, 0) is 54.8 Å². The molecule has 0 spiro atoms. The van der Waals surface area contributed by atoms with E-state index in [1.165, 1.54) is 12.1 Å². The normalized spacial score (nSPS) is 10.6. The van der Waals surface area contributed by atoms with E-state index in [1.54, 1.807) is 18.2 Å². The lowest BCUT2D eigenvalue weighted by Crippen LogP contribution is -2.04. The van der Waals surface area contributed by atoms with E-state index in [2.05, 4.69) is 0 Å². The second-order valence-electron chi connectivity index (χ2n) is 4.53. The molecule has 2 nitrogen and oxygen atoms in total. The summed E-state index contributed by atoms with van der Waals surface area (Å²) >= 11 is 0. The van der Waals surface area contributed by atoms with Crippen LogP contribution in [-0.2, 0) is 12.8 Å². The summed E-state index contributed by atoms with van der Waals surface area (Å²) in [6, 6.07) is 9.69. The molecule has 2 N–H and O–H groups in total. The van der Waals surface area contributed by atoms with Crippen LogP contribution < -0.4 is 10.5 Å². The van der Waals surface area contributed by atoms with Crippen LogP contribution in [0.1, 0.15) is 18.1 Å². The van der Waals surface area contributed by atoms with Crippen molar-refractivity contribution in [3.8, 4) is 11.5 Å². The van der Waals surface area contributed by atoms with Gasteiger partial charge in [0, 0.05) is 0 Å². The van der Waals surface area contributed by atoms with E-state index in [1.807, 2.05) is 13.0 Å². The third-order valence-electron chi connectivity index (χ3n) is 3.02. The number of hydrogen-bond acceptors (Lipinski definition) is 2. The minimum atomic E-state index is -0.713. The molecule has 0 amide bonds. The predicted molar refractivity (Wildman–Crippen MR) is 75.0 cm³/mol. The highest BCUT2D eigenvalue weighted by Crippen LogP contribution is 2.29. The number of ether oxygens (including phenoxy) is 1. The van der Waals surface area contributed by atoms with Gasteiger partial charge in [0.2, 0.25) is 0 Å². The Morgan fingerprint density at radius 3 is 2.35 bits per heavy atom. The zero-order valence-electron chi connectivity index (χ0n) is 11.3. The molecule has 0 atom stereocenters. The first-order valence-electron chi connectivity index (χ1n) is 6.58. The lowest BCUT2D eigenvalue weighted by molar-refractivity contribution is 0.406. The predicted octanol–water partition coefficient (Wildman–Crippen LogP) is 3.82. The Kier molecular flexibility index (Phi) is 4.69. The lowest BCUT2D eigenvalue weighted by atomic mass is 10.1. The first-order valence-corrected chi connectivity index (χ1v) is 6.58. The van der Waals surface area contributed by atoms with Crippen molar-refractivity contribution in [3.05, 3.63) is 59.2 Å². The van der Waals surface area contributed by atoms with Gasteiger partial charge in [0.25, 0.3) is 0 Å². The fourth-order valence-electron chi connectivity index (χ4n) is 1.97. The van der Waals surface area contributed by atoms with Gasteiger partial charge in [-0.25, -0.2) is 8.78 Å². The Hall–Kier alpha value is -1.94. The van der Waals surface area contributed by atoms with Crippen molar-refractivity contribution in [1.29, 1.82) is 0 Å². The molecule has 0 heterocycles. The quantitative estimate of drug-likeness (QED) is 0.901. The summed E-state index contributed by atoms with van der Waals surface area (Å²) in [7, 11) is 0. The topological polar surface area (TPSA) is 35.2 Å². The maximum atomic E-state index is 13.9. The maximum absolute atomic E-state index is 13.9. The first kappa shape index (κ1) is 14.5. The SMILES string of the molecule is CCc1cccc(Oc2c(F)cc(CCN)cc2F)c1. The zero-order chi connectivity index (χ0) is 14.5. The summed E-state index contributed by atoms with van der Waals surface area (Å²) in [4.78, 5) is 0. The summed E-state index contributed by atoms with van der Waals surface area (Å²) in [6.45, 7) is 2.35. The van der Waals surface area contributed by atoms with E-state index < -0.39 is 11.6 Å². The summed E-state index contributed by atoms with van der Waals surface area (Å²) in [5, 5.41) is 0. The van der Waals surface area contributed by atoms with Gasteiger partial charge in [-0.15, -0.1) is 0 Å². The molecule has 0 bridgehead atoms. The van der Waals surface area contributed by atoms with Gasteiger partial charge in [0.15, 0.2) is 17.4 Å². The van der Waals surface area contributed by atoms with Crippen LogP contribution in [0.5, 0.6) is 11.5 Å². The highest BCUT2D eigenvalue weighted by Gasteiger charge is 2.13. The third kappa shape index (κ3) is 3.33. The number of benzene rings is 2. The van der Waals surface area contributed by atoms with Crippen molar-refractivity contribution in [1.82, 2.24) is 0 Å². The minimum Gasteiger partial charge on any atom is -0.451 e. The molecule has 0 saturated heterocycles. The molecule has 0 saturated carbocycles. The van der Waals surface area contributed by atoms with Crippen LogP contribution in [0.4, 0.5) is 8.78 Å². The highest BCUT2D eigenvalue weighted by molar-refractivity contribution is 5.37. The number of rotatable bonds is 5. The molecule has 0 unspecified atom stereocenters. The summed E-state index contributed by atoms with van der Waals surface area (Å²) in [5.74, 6) is -1.38. The summed E-state index contributed by atoms with van der Waals surface area (Å²) < 4.78 is 33.1. The van der Waals surface area contributed by atoms with Gasteiger partial charge in [-0.1, -0.05) is 19.1 Å². The van der Waals surface area contributed by atoms with E-state index in [9.17, 15) is 8.78 Å². The van der Waals surface area contributed by atoms with Crippen LogP contribution in [-0.4, -0.2) is 6.54 Å². The van der Waals surface area contributed by atoms with Gasteiger partial charge in [0.1, 0.15) is 5.75 Å². The standard InChI is InChI=1S/C16H17F2NO/c1-2-11-4-3-5-13(8-11)20-16-14(17)9-12(6-7-19)10-15(16)18/h3-5,8-10H,2,6-7,19H2,1H3. The Morgan fingerprint density at radius 2 is 1.75 bits per heavy atom. The molecule has 0 aliphatic heterocycles. The Morgan fingerprint density at radius 1 is 1.05 bits per heavy atom. The molecular weight excluding hydrogens is 260 g/mol. The van der Waals surface area contributed by atoms with Crippen molar-refractivity contribution in [3.63, 3.8) is 0 Å². The van der Waals surface area contributed by atoms with Gasteiger partial charge in [-0.3, -0.25) is 0 Å². The highest BCUT2D eigenvalue weighted by atomic mass is 19.1. The van der Waals surface area contributed by atoms with E-state index in [4.69, 9.17) is 10.5 Å². The minimum absolute atomic E-state index is 0.345. The van der Waals surface area contributed by atoms with Gasteiger partial charge >= 0.3 is 0 Å². The average Bonchev–Trinajstić information content (AvgIpc) is 2.43. The van der Waals surface area contributed by atoms with E-state index >= 15 is 0 Å². The molecule has 4 heteroatoms. The van der Waals surface area contributed by atoms with Gasteiger partial charge < -0.3 is 10.5 Å². The fourth-order valence-corrected chi connectivity index (χ4v) is 1.97. The number of hydrogen-bond donors (Lipinski definition) is 1. The second kappa shape index (κ2) is 6.48. The Balaban J connectivity index is 2.28. The van der Waals surface area contributed by atoms with E-state index in [0.717, 1.165) is 12.0 Å². The largest absolute Gasteiger partial charge is 0.451 e. The smallest absolute Gasteiger partial charge is 0.198 e.